The number of halogens is 2. The van der Waals surface area contributed by atoms with Crippen molar-refractivity contribution in [3.05, 3.63) is 35.4 Å². The zero-order chi connectivity index (χ0) is 31.0. The second-order valence-corrected chi connectivity index (χ2v) is 12.5. The summed E-state index contributed by atoms with van der Waals surface area (Å²) in [6.45, 7) is 2.36. The average Bonchev–Trinajstić information content (AvgIpc) is 3.52. The summed E-state index contributed by atoms with van der Waals surface area (Å²) >= 11 is 0. The van der Waals surface area contributed by atoms with Crippen LogP contribution in [0.4, 0.5) is 8.78 Å². The van der Waals surface area contributed by atoms with Gasteiger partial charge in [-0.3, -0.25) is 19.3 Å². The first-order valence-corrected chi connectivity index (χ1v) is 15.4. The number of morpholine rings is 1. The van der Waals surface area contributed by atoms with Gasteiger partial charge in [0, 0.05) is 64.4 Å². The molecule has 0 unspecified atom stereocenters. The van der Waals surface area contributed by atoms with Crippen LogP contribution >= 0.6 is 0 Å². The zero-order valence-electron chi connectivity index (χ0n) is 24.5. The number of benzene rings is 1. The lowest BCUT2D eigenvalue weighted by atomic mass is 9.97. The molecule has 14 heteroatoms. The first kappa shape index (κ1) is 31.2. The lowest BCUT2D eigenvalue weighted by Gasteiger charge is -2.39. The molecule has 7 atom stereocenters. The Kier molecular flexibility index (Phi) is 9.45. The summed E-state index contributed by atoms with van der Waals surface area (Å²) in [6, 6.07) is 2.56. The van der Waals surface area contributed by atoms with E-state index < -0.39 is 60.1 Å². The molecule has 3 N–H and O–H groups in total. The monoisotopic (exact) mass is 622 g/mol. The Morgan fingerprint density at radius 3 is 2.52 bits per heavy atom. The number of aliphatic hydroxyl groups is 2. The molecule has 12 nitrogen and oxygen atoms in total. The van der Waals surface area contributed by atoms with E-state index in [-0.39, 0.29) is 56.9 Å². The molecule has 242 valence electrons. The summed E-state index contributed by atoms with van der Waals surface area (Å²) < 4.78 is 45.0. The van der Waals surface area contributed by atoms with Crippen molar-refractivity contribution in [1.29, 1.82) is 0 Å². The van der Waals surface area contributed by atoms with Gasteiger partial charge in [-0.2, -0.15) is 0 Å². The van der Waals surface area contributed by atoms with Gasteiger partial charge in [-0.25, -0.2) is 8.78 Å². The van der Waals surface area contributed by atoms with Gasteiger partial charge in [-0.05, 0) is 37.0 Å². The van der Waals surface area contributed by atoms with Gasteiger partial charge in [0.15, 0.2) is 11.6 Å². The number of amides is 3. The van der Waals surface area contributed by atoms with Crippen molar-refractivity contribution in [2.45, 2.75) is 74.8 Å². The number of nitrogens with one attached hydrogen (secondary N) is 1. The largest absolute Gasteiger partial charge is 0.388 e. The Hall–Kier alpha value is -2.75. The SMILES string of the molecule is O=C1C[C@@H]2O[C@H](CN(C(=O)C3CCOCC3)C[C@@H]3CN(CCO3)C(=O)[C@@H]3C[C@@H](CN3Cc3ccc(F)c(F)c3)N1)[C@@H](O)[C@H]2O. The molecule has 5 heterocycles. The van der Waals surface area contributed by atoms with E-state index in [1.165, 1.54) is 6.07 Å². The zero-order valence-corrected chi connectivity index (χ0v) is 24.5. The number of aliphatic hydroxyl groups excluding tert-OH is 2. The number of likely N-dealkylation sites (tertiary alicyclic amines) is 1. The number of ether oxygens (including phenoxy) is 3. The Morgan fingerprint density at radius 2 is 1.75 bits per heavy atom. The van der Waals surface area contributed by atoms with Crippen LogP contribution in [0.1, 0.15) is 31.2 Å². The number of hydrogen-bond acceptors (Lipinski definition) is 9. The summed E-state index contributed by atoms with van der Waals surface area (Å²) in [4.78, 5) is 45.9. The maximum absolute atomic E-state index is 14.0. The van der Waals surface area contributed by atoms with Crippen LogP contribution in [0, 0.1) is 17.6 Å². The minimum atomic E-state index is -1.33. The molecular weight excluding hydrogens is 582 g/mol. The quantitative estimate of drug-likeness (QED) is 0.403. The van der Waals surface area contributed by atoms with Crippen molar-refractivity contribution in [3.8, 4) is 0 Å². The van der Waals surface area contributed by atoms with Crippen LogP contribution < -0.4 is 5.32 Å². The molecule has 1 aromatic rings. The second kappa shape index (κ2) is 13.3. The highest BCUT2D eigenvalue weighted by Gasteiger charge is 2.47. The molecule has 0 aromatic heterocycles. The minimum absolute atomic E-state index is 0.00635. The van der Waals surface area contributed by atoms with E-state index in [4.69, 9.17) is 14.2 Å². The molecule has 6 rings (SSSR count). The Bertz CT molecular complexity index is 1240. The lowest BCUT2D eigenvalue weighted by Crippen LogP contribution is -2.56. The fourth-order valence-corrected chi connectivity index (χ4v) is 7.09. The standard InChI is InChI=1S/C30H40F2N4O8/c31-21-2-1-17(9-22(21)32)12-35-13-19-10-23(35)30(41)34-5-8-43-20(14-34)15-36(29(40)18-3-6-42-7-4-18)16-25-28(39)27(38)24(44-25)11-26(37)33-19/h1-2,9,18-20,23-25,27-28,38-39H,3-8,10-16H2,(H,33,37)/t19-,20-,23-,24-,25+,27-,28+/m0/s1. The normalized spacial score (nSPS) is 34.3. The number of carbonyl (C=O) groups is 3. The highest BCUT2D eigenvalue weighted by atomic mass is 19.2. The lowest BCUT2D eigenvalue weighted by molar-refractivity contribution is -0.150. The summed E-state index contributed by atoms with van der Waals surface area (Å²) in [5, 5.41) is 24.6. The van der Waals surface area contributed by atoms with E-state index in [1.807, 2.05) is 4.90 Å². The minimum Gasteiger partial charge on any atom is -0.388 e. The number of rotatable bonds is 3. The van der Waals surface area contributed by atoms with Gasteiger partial charge >= 0.3 is 0 Å². The van der Waals surface area contributed by atoms with Crippen LogP contribution in [0.25, 0.3) is 0 Å². The first-order valence-electron chi connectivity index (χ1n) is 15.4. The van der Waals surface area contributed by atoms with E-state index in [9.17, 15) is 33.4 Å². The van der Waals surface area contributed by atoms with Crippen molar-refractivity contribution >= 4 is 17.7 Å². The molecule has 0 spiro atoms. The Morgan fingerprint density at radius 1 is 0.977 bits per heavy atom. The third kappa shape index (κ3) is 6.75. The van der Waals surface area contributed by atoms with Gasteiger partial charge in [0.1, 0.15) is 18.3 Å². The van der Waals surface area contributed by atoms with Crippen molar-refractivity contribution in [2.24, 2.45) is 5.92 Å². The molecule has 0 aliphatic carbocycles. The average molecular weight is 623 g/mol. The summed E-state index contributed by atoms with van der Waals surface area (Å²) in [7, 11) is 0. The molecule has 44 heavy (non-hydrogen) atoms. The van der Waals surface area contributed by atoms with Gasteiger partial charge in [0.05, 0.1) is 31.3 Å². The van der Waals surface area contributed by atoms with Crippen LogP contribution in [0.2, 0.25) is 0 Å². The van der Waals surface area contributed by atoms with Crippen molar-refractivity contribution in [1.82, 2.24) is 20.0 Å². The van der Waals surface area contributed by atoms with Crippen molar-refractivity contribution in [2.75, 3.05) is 52.5 Å². The molecule has 0 saturated carbocycles. The maximum atomic E-state index is 14.0. The predicted molar refractivity (Wildman–Crippen MR) is 149 cm³/mol. The second-order valence-electron chi connectivity index (χ2n) is 12.5. The van der Waals surface area contributed by atoms with Gasteiger partial charge in [-0.15, -0.1) is 0 Å². The van der Waals surface area contributed by atoms with Crippen LogP contribution in [0.15, 0.2) is 18.2 Å². The third-order valence-electron chi connectivity index (χ3n) is 9.43. The van der Waals surface area contributed by atoms with Gasteiger partial charge in [-0.1, -0.05) is 6.07 Å². The molecule has 6 bridgehead atoms. The van der Waals surface area contributed by atoms with Gasteiger partial charge < -0.3 is 39.5 Å². The molecule has 5 aliphatic rings. The maximum Gasteiger partial charge on any atom is 0.240 e. The van der Waals surface area contributed by atoms with Crippen LogP contribution in [-0.2, 0) is 35.1 Å². The fourth-order valence-electron chi connectivity index (χ4n) is 7.09. The van der Waals surface area contributed by atoms with E-state index >= 15 is 0 Å². The van der Waals surface area contributed by atoms with Gasteiger partial charge in [0.25, 0.3) is 0 Å². The van der Waals surface area contributed by atoms with E-state index in [2.05, 4.69) is 5.32 Å². The molecule has 5 aliphatic heterocycles. The van der Waals surface area contributed by atoms with Crippen LogP contribution in [-0.4, -0.2) is 138 Å². The van der Waals surface area contributed by atoms with E-state index in [1.54, 1.807) is 9.80 Å². The molecule has 5 fully saturated rings. The summed E-state index contributed by atoms with van der Waals surface area (Å²) in [5.41, 5.74) is 0.490. The Balaban J connectivity index is 1.26. The highest BCUT2D eigenvalue weighted by Crippen LogP contribution is 2.29. The van der Waals surface area contributed by atoms with Gasteiger partial charge in [0.2, 0.25) is 17.7 Å². The molecule has 0 radical (unpaired) electrons. The van der Waals surface area contributed by atoms with Crippen LogP contribution in [0.3, 0.4) is 0 Å². The number of nitrogens with zero attached hydrogens (tertiary/aromatic N) is 3. The molecule has 5 saturated heterocycles. The van der Waals surface area contributed by atoms with Crippen molar-refractivity contribution in [3.63, 3.8) is 0 Å². The smallest absolute Gasteiger partial charge is 0.240 e. The van der Waals surface area contributed by atoms with E-state index in [0.717, 1.165) is 12.1 Å². The highest BCUT2D eigenvalue weighted by molar-refractivity contribution is 5.83. The number of hydrogen-bond donors (Lipinski definition) is 3. The Labute approximate surface area is 254 Å². The topological polar surface area (TPSA) is 141 Å². The molecule has 1 aromatic carbocycles. The summed E-state index contributed by atoms with van der Waals surface area (Å²) in [5.74, 6) is -2.93. The van der Waals surface area contributed by atoms with E-state index in [0.29, 0.717) is 51.1 Å². The molecular formula is C30H40F2N4O8. The predicted octanol–water partition coefficient (Wildman–Crippen LogP) is -0.601. The summed E-state index contributed by atoms with van der Waals surface area (Å²) in [6.07, 6.45) is -3.84. The first-order chi connectivity index (χ1) is 21.2. The molecule has 3 amide bonds. The van der Waals surface area contributed by atoms with Crippen LogP contribution in [0.5, 0.6) is 0 Å². The fraction of sp³-hybridized carbons (Fsp3) is 0.700. The third-order valence-corrected chi connectivity index (χ3v) is 9.43. The number of carbonyl (C=O) groups excluding carboxylic acids is 3. The number of fused-ring (bicyclic) bond motifs is 6. The van der Waals surface area contributed by atoms with Crippen molar-refractivity contribution < 1.29 is 47.6 Å².